The first-order valence-corrected chi connectivity index (χ1v) is 9.12. The Kier molecular flexibility index (Phi) is 5.59. The molecule has 0 bridgehead atoms. The number of fused-ring (bicyclic) bond motifs is 1. The van der Waals surface area contributed by atoms with Gasteiger partial charge in [0.05, 0.1) is 10.9 Å². The van der Waals surface area contributed by atoms with E-state index in [4.69, 9.17) is 10.00 Å². The lowest BCUT2D eigenvalue weighted by Gasteiger charge is -2.14. The van der Waals surface area contributed by atoms with Crippen molar-refractivity contribution in [1.29, 1.82) is 5.26 Å². The van der Waals surface area contributed by atoms with Crippen LogP contribution < -0.4 is 11.1 Å². The number of pyridine rings is 1. The van der Waals surface area contributed by atoms with E-state index in [2.05, 4.69) is 15.0 Å². The van der Waals surface area contributed by atoms with Crippen molar-refractivity contribution in [3.63, 3.8) is 0 Å². The number of hydrogen-bond donors (Lipinski definition) is 2. The Morgan fingerprint density at radius 2 is 1.93 bits per heavy atom. The molecule has 29 heavy (non-hydrogen) atoms. The summed E-state index contributed by atoms with van der Waals surface area (Å²) < 4.78 is 5.41. The lowest BCUT2D eigenvalue weighted by molar-refractivity contribution is -0.148. The molecule has 1 atom stereocenters. The maximum Gasteiger partial charge on any atom is 0.306 e. The van der Waals surface area contributed by atoms with Gasteiger partial charge in [-0.2, -0.15) is 5.26 Å². The third kappa shape index (κ3) is 4.09. The Hall–Kier alpha value is -3.73. The molecule has 0 aliphatic rings. The van der Waals surface area contributed by atoms with Crippen molar-refractivity contribution in [1.82, 2.24) is 15.0 Å². The summed E-state index contributed by atoms with van der Waals surface area (Å²) >= 11 is 0. The van der Waals surface area contributed by atoms with E-state index < -0.39 is 17.6 Å². The summed E-state index contributed by atoms with van der Waals surface area (Å²) in [6, 6.07) is 8.81. The van der Waals surface area contributed by atoms with Crippen molar-refractivity contribution < 1.29 is 9.53 Å². The number of H-pyrrole nitrogens is 2. The number of nitriles is 1. The molecule has 0 unspecified atom stereocenters. The number of aromatic amines is 2. The van der Waals surface area contributed by atoms with Crippen LogP contribution in [0.5, 0.6) is 0 Å². The molecule has 8 heteroatoms. The fourth-order valence-electron chi connectivity index (χ4n) is 3.26. The van der Waals surface area contributed by atoms with Crippen molar-refractivity contribution in [2.75, 3.05) is 0 Å². The second kappa shape index (κ2) is 8.10. The normalized spacial score (nSPS) is 11.8. The summed E-state index contributed by atoms with van der Waals surface area (Å²) in [5.41, 5.74) is 1.76. The van der Waals surface area contributed by atoms with E-state index in [-0.39, 0.29) is 23.4 Å². The van der Waals surface area contributed by atoms with Crippen LogP contribution >= 0.6 is 0 Å². The second-order valence-corrected chi connectivity index (χ2v) is 6.77. The molecule has 2 N–H and O–H groups in total. The second-order valence-electron chi connectivity index (χ2n) is 6.77. The summed E-state index contributed by atoms with van der Waals surface area (Å²) in [6.07, 6.45) is -0.357. The largest absolute Gasteiger partial charge is 0.454 e. The number of aromatic nitrogens is 3. The number of carbonyl (C=O) groups is 1. The number of hydrogen-bond acceptors (Lipinski definition) is 6. The third-order valence-electron chi connectivity index (χ3n) is 4.82. The molecule has 3 rings (SSSR count). The molecular weight excluding hydrogens is 372 g/mol. The van der Waals surface area contributed by atoms with Gasteiger partial charge in [0.1, 0.15) is 11.6 Å². The van der Waals surface area contributed by atoms with Crippen molar-refractivity contribution in [3.05, 3.63) is 73.2 Å². The predicted octanol–water partition coefficient (Wildman–Crippen LogP) is 2.34. The fourth-order valence-corrected chi connectivity index (χ4v) is 3.26. The van der Waals surface area contributed by atoms with Crippen molar-refractivity contribution in [3.8, 4) is 6.07 Å². The first kappa shape index (κ1) is 20.0. The number of carbonyl (C=O) groups excluding carboxylic acids is 1. The average molecular weight is 392 g/mol. The molecule has 0 saturated heterocycles. The molecule has 1 aromatic carbocycles. The van der Waals surface area contributed by atoms with E-state index in [1.165, 1.54) is 0 Å². The highest BCUT2D eigenvalue weighted by Gasteiger charge is 2.18. The smallest absolute Gasteiger partial charge is 0.306 e. The highest BCUT2D eigenvalue weighted by atomic mass is 16.5. The van der Waals surface area contributed by atoms with Crippen LogP contribution in [-0.2, 0) is 16.0 Å². The van der Waals surface area contributed by atoms with E-state index in [9.17, 15) is 14.4 Å². The standard InChI is InChI=1S/C21H20N4O4/c1-11-14(12(2)23-21(28)16(11)10-22)8-9-18(26)29-13(3)19-24-17-7-5-4-6-15(17)20(27)25-19/h4-7,13H,8-9H2,1-3H3,(H,23,28)(H,24,25,27)/t13-/m1/s1. The number of nitrogens with one attached hydrogen (secondary N) is 2. The van der Waals surface area contributed by atoms with Crippen LogP contribution in [-0.4, -0.2) is 20.9 Å². The van der Waals surface area contributed by atoms with Gasteiger partial charge in [-0.1, -0.05) is 12.1 Å². The minimum atomic E-state index is -0.729. The first-order valence-electron chi connectivity index (χ1n) is 9.12. The van der Waals surface area contributed by atoms with E-state index in [1.807, 2.05) is 6.07 Å². The van der Waals surface area contributed by atoms with Crippen molar-refractivity contribution in [2.24, 2.45) is 0 Å². The molecule has 0 aliphatic heterocycles. The molecule has 2 aromatic heterocycles. The summed E-state index contributed by atoms with van der Waals surface area (Å²) in [7, 11) is 0. The number of rotatable bonds is 5. The van der Waals surface area contributed by atoms with Crippen LogP contribution in [0.3, 0.4) is 0 Å². The van der Waals surface area contributed by atoms with Gasteiger partial charge in [0.15, 0.2) is 11.9 Å². The predicted molar refractivity (Wildman–Crippen MR) is 106 cm³/mol. The Bertz CT molecular complexity index is 1250. The van der Waals surface area contributed by atoms with Gasteiger partial charge >= 0.3 is 5.97 Å². The molecule has 3 aromatic rings. The molecule has 0 fully saturated rings. The maximum atomic E-state index is 12.3. The zero-order chi connectivity index (χ0) is 21.1. The van der Waals surface area contributed by atoms with Crippen LogP contribution in [0.2, 0.25) is 0 Å². The van der Waals surface area contributed by atoms with E-state index >= 15 is 0 Å². The fraction of sp³-hybridized carbons (Fsp3) is 0.286. The van der Waals surface area contributed by atoms with Gasteiger partial charge in [-0.05, 0) is 50.5 Å². The quantitative estimate of drug-likeness (QED) is 0.641. The number of nitrogens with zero attached hydrogens (tertiary/aromatic N) is 2. The van der Waals surface area contributed by atoms with Gasteiger partial charge in [0.2, 0.25) is 0 Å². The van der Waals surface area contributed by atoms with Crippen LogP contribution in [0, 0.1) is 25.2 Å². The van der Waals surface area contributed by atoms with E-state index in [0.29, 0.717) is 28.6 Å². The molecule has 0 amide bonds. The SMILES string of the molecule is Cc1[nH]c(=O)c(C#N)c(C)c1CCC(=O)O[C@H](C)c1nc2ccccc2c(=O)[nH]1. The zero-order valence-corrected chi connectivity index (χ0v) is 16.3. The van der Waals surface area contributed by atoms with Crippen molar-refractivity contribution >= 4 is 16.9 Å². The molecular formula is C21H20N4O4. The Morgan fingerprint density at radius 1 is 1.21 bits per heavy atom. The topological polar surface area (TPSA) is 129 Å². The van der Waals surface area contributed by atoms with E-state index in [0.717, 1.165) is 5.56 Å². The van der Waals surface area contributed by atoms with Gasteiger partial charge in [-0.25, -0.2) is 4.98 Å². The van der Waals surface area contributed by atoms with Gasteiger partial charge < -0.3 is 14.7 Å². The number of ether oxygens (including phenoxy) is 1. The molecule has 2 heterocycles. The van der Waals surface area contributed by atoms with Gasteiger partial charge in [-0.15, -0.1) is 0 Å². The Morgan fingerprint density at radius 3 is 2.66 bits per heavy atom. The highest BCUT2D eigenvalue weighted by molar-refractivity contribution is 5.77. The van der Waals surface area contributed by atoms with E-state index in [1.54, 1.807) is 45.0 Å². The van der Waals surface area contributed by atoms with Crippen LogP contribution in [0.25, 0.3) is 10.9 Å². The third-order valence-corrected chi connectivity index (χ3v) is 4.82. The molecule has 8 nitrogen and oxygen atoms in total. The number of para-hydroxylation sites is 1. The molecule has 0 radical (unpaired) electrons. The first-order chi connectivity index (χ1) is 13.8. The maximum absolute atomic E-state index is 12.3. The Labute approximate surface area is 166 Å². The summed E-state index contributed by atoms with van der Waals surface area (Å²) in [4.78, 5) is 45.9. The minimum absolute atomic E-state index is 0.0466. The average Bonchev–Trinajstić information content (AvgIpc) is 2.67. The van der Waals surface area contributed by atoms with Crippen LogP contribution in [0.4, 0.5) is 0 Å². The molecule has 148 valence electrons. The monoisotopic (exact) mass is 392 g/mol. The lowest BCUT2D eigenvalue weighted by atomic mass is 9.99. The summed E-state index contributed by atoms with van der Waals surface area (Å²) in [6.45, 7) is 5.05. The summed E-state index contributed by atoms with van der Waals surface area (Å²) in [5, 5.41) is 9.60. The van der Waals surface area contributed by atoms with Gasteiger partial charge in [0.25, 0.3) is 11.1 Å². The minimum Gasteiger partial charge on any atom is -0.454 e. The number of esters is 1. The van der Waals surface area contributed by atoms with Crippen LogP contribution in [0.1, 0.15) is 47.7 Å². The Balaban J connectivity index is 1.73. The number of benzene rings is 1. The van der Waals surface area contributed by atoms with Gasteiger partial charge in [0, 0.05) is 12.1 Å². The highest BCUT2D eigenvalue weighted by Crippen LogP contribution is 2.18. The zero-order valence-electron chi connectivity index (χ0n) is 16.3. The number of aryl methyl sites for hydroxylation is 1. The lowest BCUT2D eigenvalue weighted by Crippen LogP contribution is -2.19. The van der Waals surface area contributed by atoms with Crippen LogP contribution in [0.15, 0.2) is 33.9 Å². The molecule has 0 saturated carbocycles. The summed E-state index contributed by atoms with van der Waals surface area (Å²) in [5.74, 6) is -0.206. The molecule has 0 spiro atoms. The van der Waals surface area contributed by atoms with Gasteiger partial charge in [-0.3, -0.25) is 14.4 Å². The molecule has 0 aliphatic carbocycles. The van der Waals surface area contributed by atoms with Crippen molar-refractivity contribution in [2.45, 2.75) is 39.7 Å².